The number of aliphatic imine (C=N–C) groups is 1. The summed E-state index contributed by atoms with van der Waals surface area (Å²) >= 11 is 3.36. The predicted molar refractivity (Wildman–Crippen MR) is 79.2 cm³/mol. The molecule has 0 spiro atoms. The molecule has 5 heteroatoms. The zero-order chi connectivity index (χ0) is 13.8. The van der Waals surface area contributed by atoms with E-state index in [0.717, 1.165) is 10.0 Å². The number of hydrogen-bond donors (Lipinski definition) is 0. The van der Waals surface area contributed by atoms with Gasteiger partial charge in [0, 0.05) is 16.8 Å². The number of nitro groups is 1. The van der Waals surface area contributed by atoms with Gasteiger partial charge in [0.2, 0.25) is 0 Å². The molecule has 96 valence electrons. The fourth-order valence-electron chi connectivity index (χ4n) is 1.64. The average Bonchev–Trinajstić information content (AvgIpc) is 2.39. The lowest BCUT2D eigenvalue weighted by Gasteiger charge is -2.01. The Kier molecular flexibility index (Phi) is 4.06. The third-order valence-electron chi connectivity index (χ3n) is 2.70. The van der Waals surface area contributed by atoms with Crippen molar-refractivity contribution in [3.8, 4) is 0 Å². The van der Waals surface area contributed by atoms with Gasteiger partial charge in [-0.05, 0) is 30.7 Å². The van der Waals surface area contributed by atoms with E-state index in [1.54, 1.807) is 25.3 Å². The first-order valence-electron chi connectivity index (χ1n) is 5.61. The maximum atomic E-state index is 10.8. The molecule has 0 fully saturated rings. The molecule has 0 radical (unpaired) electrons. The van der Waals surface area contributed by atoms with Gasteiger partial charge in [0.1, 0.15) is 0 Å². The summed E-state index contributed by atoms with van der Waals surface area (Å²) in [4.78, 5) is 14.7. The van der Waals surface area contributed by atoms with Crippen LogP contribution in [-0.2, 0) is 0 Å². The third kappa shape index (κ3) is 3.26. The maximum absolute atomic E-state index is 10.8. The SMILES string of the molecule is Cc1c(N=Cc2ccc(Br)cc2)cccc1[N+](=O)[O-]. The molecule has 2 aromatic rings. The van der Waals surface area contributed by atoms with Gasteiger partial charge in [-0.1, -0.05) is 34.1 Å². The van der Waals surface area contributed by atoms with E-state index >= 15 is 0 Å². The van der Waals surface area contributed by atoms with E-state index < -0.39 is 4.92 Å². The highest BCUT2D eigenvalue weighted by Crippen LogP contribution is 2.27. The van der Waals surface area contributed by atoms with Crippen molar-refractivity contribution in [1.29, 1.82) is 0 Å². The van der Waals surface area contributed by atoms with E-state index in [2.05, 4.69) is 20.9 Å². The minimum absolute atomic E-state index is 0.0884. The highest BCUT2D eigenvalue weighted by Gasteiger charge is 2.12. The average molecular weight is 319 g/mol. The maximum Gasteiger partial charge on any atom is 0.274 e. The van der Waals surface area contributed by atoms with Crippen molar-refractivity contribution in [2.24, 2.45) is 4.99 Å². The van der Waals surface area contributed by atoms with Crippen LogP contribution < -0.4 is 0 Å². The van der Waals surface area contributed by atoms with Gasteiger partial charge in [0.15, 0.2) is 0 Å². The molecule has 0 aliphatic heterocycles. The Hall–Kier alpha value is -2.01. The number of rotatable bonds is 3. The summed E-state index contributed by atoms with van der Waals surface area (Å²) in [5.74, 6) is 0. The zero-order valence-corrected chi connectivity index (χ0v) is 11.8. The van der Waals surface area contributed by atoms with Crippen molar-refractivity contribution in [3.05, 3.63) is 68.2 Å². The second-order valence-electron chi connectivity index (χ2n) is 3.99. The largest absolute Gasteiger partial charge is 0.274 e. The van der Waals surface area contributed by atoms with E-state index in [-0.39, 0.29) is 5.69 Å². The van der Waals surface area contributed by atoms with Crippen LogP contribution in [0.2, 0.25) is 0 Å². The summed E-state index contributed by atoms with van der Waals surface area (Å²) in [5.41, 5.74) is 2.21. The van der Waals surface area contributed by atoms with Gasteiger partial charge in [0.05, 0.1) is 16.2 Å². The standard InChI is InChI=1S/C14H11BrN2O2/c1-10-13(3-2-4-14(10)17(18)19)16-9-11-5-7-12(15)8-6-11/h2-9H,1H3. The lowest BCUT2D eigenvalue weighted by molar-refractivity contribution is -0.385. The van der Waals surface area contributed by atoms with Crippen LogP contribution in [0.15, 0.2) is 51.9 Å². The van der Waals surface area contributed by atoms with Crippen molar-refractivity contribution >= 4 is 33.5 Å². The van der Waals surface area contributed by atoms with Gasteiger partial charge in [0.25, 0.3) is 5.69 Å². The quantitative estimate of drug-likeness (QED) is 0.478. The van der Waals surface area contributed by atoms with Crippen LogP contribution in [-0.4, -0.2) is 11.1 Å². The highest BCUT2D eigenvalue weighted by atomic mass is 79.9. The molecular weight excluding hydrogens is 308 g/mol. The van der Waals surface area contributed by atoms with Crippen LogP contribution in [0.4, 0.5) is 11.4 Å². The fraction of sp³-hybridized carbons (Fsp3) is 0.0714. The molecule has 0 aliphatic carbocycles. The van der Waals surface area contributed by atoms with Crippen LogP contribution in [0.1, 0.15) is 11.1 Å². The Labute approximate surface area is 119 Å². The van der Waals surface area contributed by atoms with Crippen LogP contribution >= 0.6 is 15.9 Å². The van der Waals surface area contributed by atoms with Gasteiger partial charge in [-0.3, -0.25) is 15.1 Å². The molecule has 0 unspecified atom stereocenters. The summed E-state index contributed by atoms with van der Waals surface area (Å²) in [6, 6.07) is 12.6. The lowest BCUT2D eigenvalue weighted by Crippen LogP contribution is -1.91. The predicted octanol–water partition coefficient (Wildman–Crippen LogP) is 4.42. The number of halogens is 1. The summed E-state index contributed by atoms with van der Waals surface area (Å²) in [5, 5.41) is 10.8. The Morgan fingerprint density at radius 3 is 2.53 bits per heavy atom. The Morgan fingerprint density at radius 2 is 1.89 bits per heavy atom. The summed E-state index contributed by atoms with van der Waals surface area (Å²) in [6.45, 7) is 1.70. The van der Waals surface area contributed by atoms with Crippen molar-refractivity contribution in [3.63, 3.8) is 0 Å². The van der Waals surface area contributed by atoms with Gasteiger partial charge in [-0.2, -0.15) is 0 Å². The summed E-state index contributed by atoms with van der Waals surface area (Å²) in [7, 11) is 0. The number of nitrogens with zero attached hydrogens (tertiary/aromatic N) is 2. The van der Waals surface area contributed by atoms with Crippen molar-refractivity contribution in [2.45, 2.75) is 6.92 Å². The normalized spacial score (nSPS) is 10.8. The summed E-state index contributed by atoms with van der Waals surface area (Å²) in [6.07, 6.45) is 1.69. The van der Waals surface area contributed by atoms with Crippen LogP contribution in [0.5, 0.6) is 0 Å². The van der Waals surface area contributed by atoms with Crippen molar-refractivity contribution in [1.82, 2.24) is 0 Å². The van der Waals surface area contributed by atoms with E-state index in [9.17, 15) is 10.1 Å². The Bertz CT molecular complexity index is 636. The molecule has 0 bridgehead atoms. The van der Waals surface area contributed by atoms with E-state index in [4.69, 9.17) is 0 Å². The monoisotopic (exact) mass is 318 g/mol. The molecule has 0 aliphatic rings. The zero-order valence-electron chi connectivity index (χ0n) is 10.2. The van der Waals surface area contributed by atoms with Crippen molar-refractivity contribution < 1.29 is 4.92 Å². The second kappa shape index (κ2) is 5.75. The topological polar surface area (TPSA) is 55.5 Å². The molecule has 0 N–H and O–H groups in total. The van der Waals surface area contributed by atoms with Crippen LogP contribution in [0.25, 0.3) is 0 Å². The molecule has 0 heterocycles. The van der Waals surface area contributed by atoms with E-state index in [0.29, 0.717) is 11.3 Å². The number of nitro benzene ring substituents is 1. The van der Waals surface area contributed by atoms with E-state index in [1.807, 2.05) is 24.3 Å². The minimum Gasteiger partial charge on any atom is -0.258 e. The highest BCUT2D eigenvalue weighted by molar-refractivity contribution is 9.10. The number of benzene rings is 2. The number of hydrogen-bond acceptors (Lipinski definition) is 3. The Morgan fingerprint density at radius 1 is 1.21 bits per heavy atom. The van der Waals surface area contributed by atoms with Gasteiger partial charge in [-0.25, -0.2) is 0 Å². The molecule has 0 atom stereocenters. The molecule has 0 amide bonds. The molecule has 0 saturated carbocycles. The minimum atomic E-state index is -0.395. The fourth-order valence-corrected chi connectivity index (χ4v) is 1.91. The van der Waals surface area contributed by atoms with E-state index in [1.165, 1.54) is 6.07 Å². The van der Waals surface area contributed by atoms with Gasteiger partial charge >= 0.3 is 0 Å². The lowest BCUT2D eigenvalue weighted by atomic mass is 10.1. The van der Waals surface area contributed by atoms with Crippen LogP contribution in [0.3, 0.4) is 0 Å². The van der Waals surface area contributed by atoms with Gasteiger partial charge in [-0.15, -0.1) is 0 Å². The first-order chi connectivity index (χ1) is 9.08. The smallest absolute Gasteiger partial charge is 0.258 e. The first-order valence-corrected chi connectivity index (χ1v) is 6.41. The van der Waals surface area contributed by atoms with Crippen LogP contribution in [0, 0.1) is 17.0 Å². The Balaban J connectivity index is 2.31. The van der Waals surface area contributed by atoms with Gasteiger partial charge < -0.3 is 0 Å². The second-order valence-corrected chi connectivity index (χ2v) is 4.90. The molecule has 2 aromatic carbocycles. The molecular formula is C14H11BrN2O2. The molecule has 19 heavy (non-hydrogen) atoms. The molecule has 4 nitrogen and oxygen atoms in total. The first kappa shape index (κ1) is 13.4. The van der Waals surface area contributed by atoms with Crippen molar-refractivity contribution in [2.75, 3.05) is 0 Å². The molecule has 0 saturated heterocycles. The third-order valence-corrected chi connectivity index (χ3v) is 3.22. The molecule has 0 aromatic heterocycles. The molecule has 2 rings (SSSR count). The summed E-state index contributed by atoms with van der Waals surface area (Å²) < 4.78 is 0.996.